The Hall–Kier alpha value is -3.53. The third kappa shape index (κ3) is 4.80. The number of nitriles is 1. The molecule has 1 aliphatic rings. The molecule has 0 bridgehead atoms. The minimum absolute atomic E-state index is 0.139. The zero-order valence-electron chi connectivity index (χ0n) is 15.5. The Morgan fingerprint density at radius 2 is 1.93 bits per heavy atom. The van der Waals surface area contributed by atoms with Gasteiger partial charge in [-0.05, 0) is 54.8 Å². The number of nitrogens with one attached hydrogen (secondary N) is 1. The summed E-state index contributed by atoms with van der Waals surface area (Å²) in [5.74, 6) is -0.134. The van der Waals surface area contributed by atoms with Crippen LogP contribution in [0.4, 0.5) is 10.5 Å². The number of ether oxygens (including phenoxy) is 1. The Kier molecular flexibility index (Phi) is 5.80. The number of benzene rings is 2. The first kappa shape index (κ1) is 19.2. The number of carboxylic acid groups (broad SMARTS) is 1. The van der Waals surface area contributed by atoms with Gasteiger partial charge in [0, 0.05) is 18.8 Å². The van der Waals surface area contributed by atoms with E-state index in [9.17, 15) is 14.7 Å². The van der Waals surface area contributed by atoms with Gasteiger partial charge in [0.25, 0.3) is 0 Å². The predicted molar refractivity (Wildman–Crippen MR) is 103 cm³/mol. The molecular formula is C21H21N3O4. The quantitative estimate of drug-likeness (QED) is 0.838. The molecule has 0 aliphatic carbocycles. The highest BCUT2D eigenvalue weighted by atomic mass is 16.5. The maximum Gasteiger partial charge on any atom is 0.321 e. The van der Waals surface area contributed by atoms with E-state index >= 15 is 0 Å². The highest BCUT2D eigenvalue weighted by Gasteiger charge is 2.31. The van der Waals surface area contributed by atoms with Gasteiger partial charge >= 0.3 is 12.0 Å². The summed E-state index contributed by atoms with van der Waals surface area (Å²) in [5, 5.41) is 21.0. The van der Waals surface area contributed by atoms with E-state index in [0.717, 1.165) is 0 Å². The second-order valence-corrected chi connectivity index (χ2v) is 6.98. The molecule has 2 amide bonds. The van der Waals surface area contributed by atoms with Crippen molar-refractivity contribution in [1.82, 2.24) is 4.90 Å². The molecule has 2 atom stereocenters. The van der Waals surface area contributed by atoms with E-state index in [4.69, 9.17) is 10.00 Å². The number of hydrogen-bond donors (Lipinski definition) is 2. The number of amides is 2. The van der Waals surface area contributed by atoms with Gasteiger partial charge in [0.15, 0.2) is 0 Å². The molecule has 0 spiro atoms. The van der Waals surface area contributed by atoms with Crippen molar-refractivity contribution in [1.29, 1.82) is 5.26 Å². The molecule has 2 aromatic rings. The molecule has 28 heavy (non-hydrogen) atoms. The average Bonchev–Trinajstić information content (AvgIpc) is 2.69. The molecule has 1 heterocycles. The van der Waals surface area contributed by atoms with Gasteiger partial charge in [0.2, 0.25) is 0 Å². The molecule has 144 valence electrons. The van der Waals surface area contributed by atoms with Crippen LogP contribution < -0.4 is 10.1 Å². The number of nitrogens with zero attached hydrogens (tertiary/aromatic N) is 2. The van der Waals surface area contributed by atoms with Crippen molar-refractivity contribution in [3.63, 3.8) is 0 Å². The first-order valence-corrected chi connectivity index (χ1v) is 9.01. The number of rotatable bonds is 4. The largest absolute Gasteiger partial charge is 0.481 e. The van der Waals surface area contributed by atoms with Crippen LogP contribution >= 0.6 is 0 Å². The van der Waals surface area contributed by atoms with Crippen LogP contribution in [0.2, 0.25) is 0 Å². The lowest BCUT2D eigenvalue weighted by Crippen LogP contribution is -2.47. The van der Waals surface area contributed by atoms with Crippen LogP contribution in [0.15, 0.2) is 48.5 Å². The zero-order valence-corrected chi connectivity index (χ0v) is 15.5. The van der Waals surface area contributed by atoms with Gasteiger partial charge in [0.1, 0.15) is 11.5 Å². The van der Waals surface area contributed by atoms with Gasteiger partial charge in [-0.2, -0.15) is 5.26 Å². The molecule has 1 fully saturated rings. The Labute approximate surface area is 163 Å². The highest BCUT2D eigenvalue weighted by Crippen LogP contribution is 2.25. The fourth-order valence-electron chi connectivity index (χ4n) is 3.27. The Morgan fingerprint density at radius 1 is 1.18 bits per heavy atom. The molecule has 1 saturated heterocycles. The lowest BCUT2D eigenvalue weighted by atomic mass is 9.91. The number of carbonyl (C=O) groups excluding carboxylic acids is 1. The summed E-state index contributed by atoms with van der Waals surface area (Å²) in [4.78, 5) is 25.3. The van der Waals surface area contributed by atoms with Crippen molar-refractivity contribution < 1.29 is 19.4 Å². The fraction of sp³-hybridized carbons (Fsp3) is 0.286. The van der Waals surface area contributed by atoms with E-state index in [1.807, 2.05) is 6.92 Å². The third-order valence-corrected chi connectivity index (χ3v) is 4.60. The Morgan fingerprint density at radius 3 is 2.61 bits per heavy atom. The predicted octanol–water partition coefficient (Wildman–Crippen LogP) is 3.93. The number of anilines is 1. The number of carbonyl (C=O) groups is 2. The van der Waals surface area contributed by atoms with Crippen LogP contribution in [0.5, 0.6) is 11.5 Å². The van der Waals surface area contributed by atoms with Gasteiger partial charge in [-0.25, -0.2) is 4.79 Å². The summed E-state index contributed by atoms with van der Waals surface area (Å²) in [6, 6.07) is 15.4. The SMILES string of the molecule is CC1CC(C(=O)O)CN(C(=O)Nc2ccc(Oc3cccc(C#N)c3)cc2)C1. The van der Waals surface area contributed by atoms with Crippen LogP contribution in [0.1, 0.15) is 18.9 Å². The Balaban J connectivity index is 1.61. The zero-order chi connectivity index (χ0) is 20.1. The third-order valence-electron chi connectivity index (χ3n) is 4.60. The molecule has 0 aromatic heterocycles. The Bertz CT molecular complexity index is 905. The smallest absolute Gasteiger partial charge is 0.321 e. The van der Waals surface area contributed by atoms with E-state index in [1.54, 1.807) is 53.4 Å². The topological polar surface area (TPSA) is 103 Å². The molecule has 2 N–H and O–H groups in total. The minimum Gasteiger partial charge on any atom is -0.481 e. The number of hydrogen-bond acceptors (Lipinski definition) is 4. The maximum atomic E-state index is 12.5. The molecule has 7 nitrogen and oxygen atoms in total. The van der Waals surface area contributed by atoms with Crippen molar-refractivity contribution in [2.24, 2.45) is 11.8 Å². The molecule has 7 heteroatoms. The first-order chi connectivity index (χ1) is 13.4. The van der Waals surface area contributed by atoms with Crippen LogP contribution in [-0.2, 0) is 4.79 Å². The van der Waals surface area contributed by atoms with Crippen molar-refractivity contribution in [3.8, 4) is 17.6 Å². The standard InChI is InChI=1S/C21H21N3O4/c1-14-9-16(20(25)26)13-24(12-14)21(27)23-17-5-7-18(8-6-17)28-19-4-2-3-15(10-19)11-22/h2-8,10,14,16H,9,12-13H2,1H3,(H,23,27)(H,25,26). The van der Waals surface area contributed by atoms with E-state index < -0.39 is 11.9 Å². The van der Waals surface area contributed by atoms with Crippen LogP contribution in [0.25, 0.3) is 0 Å². The van der Waals surface area contributed by atoms with Gasteiger partial charge in [0.05, 0.1) is 17.6 Å². The molecule has 1 aliphatic heterocycles. The lowest BCUT2D eigenvalue weighted by molar-refractivity contribution is -0.143. The van der Waals surface area contributed by atoms with Gasteiger partial charge in [-0.3, -0.25) is 4.79 Å². The maximum absolute atomic E-state index is 12.5. The number of likely N-dealkylation sites (tertiary alicyclic amines) is 1. The first-order valence-electron chi connectivity index (χ1n) is 9.01. The van der Waals surface area contributed by atoms with E-state index in [0.29, 0.717) is 35.7 Å². The van der Waals surface area contributed by atoms with Gasteiger partial charge in [-0.15, -0.1) is 0 Å². The van der Waals surface area contributed by atoms with Crippen LogP contribution in [0, 0.1) is 23.2 Å². The number of carboxylic acids is 1. The number of aliphatic carboxylic acids is 1. The molecule has 3 rings (SSSR count). The van der Waals surface area contributed by atoms with Crippen LogP contribution in [0.3, 0.4) is 0 Å². The summed E-state index contributed by atoms with van der Waals surface area (Å²) in [7, 11) is 0. The van der Waals surface area contributed by atoms with Crippen molar-refractivity contribution in [2.45, 2.75) is 13.3 Å². The fourth-order valence-corrected chi connectivity index (χ4v) is 3.27. The highest BCUT2D eigenvalue weighted by molar-refractivity contribution is 5.89. The molecule has 0 radical (unpaired) electrons. The second-order valence-electron chi connectivity index (χ2n) is 6.98. The minimum atomic E-state index is -0.869. The number of piperidine rings is 1. The van der Waals surface area contributed by atoms with Gasteiger partial charge in [-0.1, -0.05) is 13.0 Å². The summed E-state index contributed by atoms with van der Waals surface area (Å²) in [5.41, 5.74) is 1.10. The second kappa shape index (κ2) is 8.44. The van der Waals surface area contributed by atoms with Crippen molar-refractivity contribution in [2.75, 3.05) is 18.4 Å². The number of urea groups is 1. The monoisotopic (exact) mass is 379 g/mol. The van der Waals surface area contributed by atoms with E-state index in [1.165, 1.54) is 0 Å². The van der Waals surface area contributed by atoms with Crippen molar-refractivity contribution in [3.05, 3.63) is 54.1 Å². The summed E-state index contributed by atoms with van der Waals surface area (Å²) in [6.07, 6.45) is 0.581. The molecule has 2 unspecified atom stereocenters. The molecule has 2 aromatic carbocycles. The molecule has 0 saturated carbocycles. The van der Waals surface area contributed by atoms with Gasteiger partial charge < -0.3 is 20.1 Å². The average molecular weight is 379 g/mol. The van der Waals surface area contributed by atoms with E-state index in [-0.39, 0.29) is 18.5 Å². The lowest BCUT2D eigenvalue weighted by Gasteiger charge is -2.34. The summed E-state index contributed by atoms with van der Waals surface area (Å²) in [6.45, 7) is 2.69. The summed E-state index contributed by atoms with van der Waals surface area (Å²) < 4.78 is 5.71. The van der Waals surface area contributed by atoms with Crippen LogP contribution in [-0.4, -0.2) is 35.1 Å². The summed E-state index contributed by atoms with van der Waals surface area (Å²) >= 11 is 0. The van der Waals surface area contributed by atoms with E-state index in [2.05, 4.69) is 11.4 Å². The normalized spacial score (nSPS) is 18.8. The molecular weight excluding hydrogens is 358 g/mol. The van der Waals surface area contributed by atoms with Crippen molar-refractivity contribution >= 4 is 17.7 Å².